The standard InChI is InChI=1S/C20H20N2O/c1-22(17-8-7-15-9-10-21-19(15)13-17)20(23)12-16-11-18(16)14-5-3-2-4-6-14/h2-10,13,16,18,21H,11-12H2,1H3/t16-,18-/m0/s1. The first-order chi connectivity index (χ1) is 11.2. The highest BCUT2D eigenvalue weighted by atomic mass is 16.2. The summed E-state index contributed by atoms with van der Waals surface area (Å²) < 4.78 is 0. The predicted octanol–water partition coefficient (Wildman–Crippen LogP) is 4.32. The second-order valence-electron chi connectivity index (χ2n) is 6.42. The number of fused-ring (bicyclic) bond motifs is 1. The summed E-state index contributed by atoms with van der Waals surface area (Å²) in [6, 6.07) is 18.6. The molecule has 0 unspecified atom stereocenters. The Hall–Kier alpha value is -2.55. The molecule has 1 N–H and O–H groups in total. The highest BCUT2D eigenvalue weighted by molar-refractivity contribution is 5.95. The van der Waals surface area contributed by atoms with Gasteiger partial charge in [-0.3, -0.25) is 4.79 Å². The molecule has 2 aromatic carbocycles. The molecule has 0 saturated heterocycles. The highest BCUT2D eigenvalue weighted by Crippen LogP contribution is 2.49. The van der Waals surface area contributed by atoms with Gasteiger partial charge in [0.25, 0.3) is 0 Å². The Kier molecular flexibility index (Phi) is 3.41. The number of hydrogen-bond acceptors (Lipinski definition) is 1. The lowest BCUT2D eigenvalue weighted by atomic mass is 10.1. The minimum Gasteiger partial charge on any atom is -0.361 e. The zero-order valence-electron chi connectivity index (χ0n) is 13.2. The van der Waals surface area contributed by atoms with E-state index in [1.807, 2.05) is 37.5 Å². The number of amides is 1. The number of nitrogens with one attached hydrogen (secondary N) is 1. The molecular weight excluding hydrogens is 284 g/mol. The summed E-state index contributed by atoms with van der Waals surface area (Å²) in [7, 11) is 1.87. The Morgan fingerprint density at radius 2 is 2.00 bits per heavy atom. The fourth-order valence-corrected chi connectivity index (χ4v) is 3.33. The van der Waals surface area contributed by atoms with E-state index in [4.69, 9.17) is 0 Å². The van der Waals surface area contributed by atoms with Crippen molar-refractivity contribution in [3.8, 4) is 0 Å². The normalized spacial score (nSPS) is 19.7. The summed E-state index contributed by atoms with van der Waals surface area (Å²) >= 11 is 0. The molecule has 3 heteroatoms. The van der Waals surface area contributed by atoms with Crippen molar-refractivity contribution in [1.29, 1.82) is 0 Å². The van der Waals surface area contributed by atoms with Gasteiger partial charge in [0.1, 0.15) is 0 Å². The Morgan fingerprint density at radius 1 is 1.17 bits per heavy atom. The van der Waals surface area contributed by atoms with Crippen LogP contribution >= 0.6 is 0 Å². The van der Waals surface area contributed by atoms with Gasteiger partial charge < -0.3 is 9.88 Å². The molecule has 2 atom stereocenters. The van der Waals surface area contributed by atoms with E-state index in [2.05, 4.69) is 35.3 Å². The van der Waals surface area contributed by atoms with Crippen molar-refractivity contribution in [2.45, 2.75) is 18.8 Å². The molecule has 1 amide bonds. The van der Waals surface area contributed by atoms with Gasteiger partial charge in [0.05, 0.1) is 0 Å². The highest BCUT2D eigenvalue weighted by Gasteiger charge is 2.39. The third-order valence-corrected chi connectivity index (χ3v) is 4.89. The Labute approximate surface area is 135 Å². The molecule has 1 saturated carbocycles. The maximum Gasteiger partial charge on any atom is 0.227 e. The second kappa shape index (κ2) is 5.58. The minimum atomic E-state index is 0.194. The van der Waals surface area contributed by atoms with E-state index in [0.29, 0.717) is 18.3 Å². The monoisotopic (exact) mass is 304 g/mol. The molecule has 0 aliphatic heterocycles. The third-order valence-electron chi connectivity index (χ3n) is 4.89. The molecule has 1 heterocycles. The average Bonchev–Trinajstić information content (AvgIpc) is 3.19. The molecule has 3 nitrogen and oxygen atoms in total. The molecule has 1 aromatic heterocycles. The SMILES string of the molecule is CN(C(=O)C[C@@H]1C[C@H]1c1ccccc1)c1ccc2cc[nH]c2c1. The molecule has 0 radical (unpaired) electrons. The van der Waals surface area contributed by atoms with E-state index < -0.39 is 0 Å². The van der Waals surface area contributed by atoms with Crippen LogP contribution in [0, 0.1) is 5.92 Å². The van der Waals surface area contributed by atoms with E-state index in [1.165, 1.54) is 10.9 Å². The number of hydrogen-bond donors (Lipinski definition) is 1. The van der Waals surface area contributed by atoms with Crippen LogP contribution < -0.4 is 4.90 Å². The van der Waals surface area contributed by atoms with Crippen molar-refractivity contribution in [2.24, 2.45) is 5.92 Å². The van der Waals surface area contributed by atoms with Gasteiger partial charge in [-0.25, -0.2) is 0 Å². The Morgan fingerprint density at radius 3 is 2.83 bits per heavy atom. The molecule has 23 heavy (non-hydrogen) atoms. The second-order valence-corrected chi connectivity index (χ2v) is 6.42. The number of H-pyrrole nitrogens is 1. The topological polar surface area (TPSA) is 36.1 Å². The number of rotatable bonds is 4. The Bertz CT molecular complexity index is 837. The fraction of sp³-hybridized carbons (Fsp3) is 0.250. The third kappa shape index (κ3) is 2.74. The molecule has 3 aromatic rings. The van der Waals surface area contributed by atoms with Gasteiger partial charge in [0, 0.05) is 30.9 Å². The summed E-state index contributed by atoms with van der Waals surface area (Å²) in [6.45, 7) is 0. The number of carbonyl (C=O) groups is 1. The van der Waals surface area contributed by atoms with E-state index in [1.54, 1.807) is 4.90 Å². The summed E-state index contributed by atoms with van der Waals surface area (Å²) in [6.07, 6.45) is 3.67. The number of aromatic amines is 1. The van der Waals surface area contributed by atoms with Crippen molar-refractivity contribution in [2.75, 3.05) is 11.9 Å². The van der Waals surface area contributed by atoms with Crippen molar-refractivity contribution >= 4 is 22.5 Å². The van der Waals surface area contributed by atoms with Crippen molar-refractivity contribution in [1.82, 2.24) is 4.98 Å². The van der Waals surface area contributed by atoms with Crippen molar-refractivity contribution < 1.29 is 4.79 Å². The summed E-state index contributed by atoms with van der Waals surface area (Å²) in [5.41, 5.74) is 3.37. The molecule has 1 aliphatic rings. The number of aromatic nitrogens is 1. The van der Waals surface area contributed by atoms with Gasteiger partial charge in [-0.1, -0.05) is 36.4 Å². The maximum absolute atomic E-state index is 12.6. The van der Waals surface area contributed by atoms with Gasteiger partial charge in [-0.15, -0.1) is 0 Å². The zero-order chi connectivity index (χ0) is 15.8. The number of nitrogens with zero attached hydrogens (tertiary/aromatic N) is 1. The first-order valence-corrected chi connectivity index (χ1v) is 8.11. The summed E-state index contributed by atoms with van der Waals surface area (Å²) in [5, 5.41) is 1.17. The van der Waals surface area contributed by atoms with Crippen LogP contribution in [-0.2, 0) is 4.79 Å². The Balaban J connectivity index is 1.43. The van der Waals surface area contributed by atoms with Crippen LogP contribution in [0.1, 0.15) is 24.3 Å². The average molecular weight is 304 g/mol. The minimum absolute atomic E-state index is 0.194. The first kappa shape index (κ1) is 14.1. The smallest absolute Gasteiger partial charge is 0.227 e. The van der Waals surface area contributed by atoms with Gasteiger partial charge in [0.15, 0.2) is 0 Å². The van der Waals surface area contributed by atoms with E-state index in [-0.39, 0.29) is 5.91 Å². The summed E-state index contributed by atoms with van der Waals surface area (Å²) in [5.74, 6) is 1.24. The quantitative estimate of drug-likeness (QED) is 0.765. The van der Waals surface area contributed by atoms with Gasteiger partial charge in [-0.2, -0.15) is 0 Å². The van der Waals surface area contributed by atoms with Crippen molar-refractivity contribution in [3.05, 3.63) is 66.4 Å². The summed E-state index contributed by atoms with van der Waals surface area (Å²) in [4.78, 5) is 17.5. The molecule has 0 spiro atoms. The number of anilines is 1. The lowest BCUT2D eigenvalue weighted by molar-refractivity contribution is -0.118. The van der Waals surface area contributed by atoms with Gasteiger partial charge in [0.2, 0.25) is 5.91 Å². The van der Waals surface area contributed by atoms with E-state index >= 15 is 0 Å². The lowest BCUT2D eigenvalue weighted by Gasteiger charge is -2.17. The zero-order valence-corrected chi connectivity index (χ0v) is 13.2. The molecule has 4 rings (SSSR count). The van der Waals surface area contributed by atoms with Crippen LogP contribution in [0.2, 0.25) is 0 Å². The van der Waals surface area contributed by atoms with E-state index in [9.17, 15) is 4.79 Å². The number of carbonyl (C=O) groups excluding carboxylic acids is 1. The van der Waals surface area contributed by atoms with Crippen LogP contribution in [0.15, 0.2) is 60.8 Å². The van der Waals surface area contributed by atoms with Crippen LogP contribution in [0.25, 0.3) is 10.9 Å². The van der Waals surface area contributed by atoms with Crippen molar-refractivity contribution in [3.63, 3.8) is 0 Å². The maximum atomic E-state index is 12.6. The molecular formula is C20H20N2O. The largest absolute Gasteiger partial charge is 0.361 e. The molecule has 1 aliphatic carbocycles. The fourth-order valence-electron chi connectivity index (χ4n) is 3.33. The lowest BCUT2D eigenvalue weighted by Crippen LogP contribution is -2.26. The van der Waals surface area contributed by atoms with E-state index in [0.717, 1.165) is 17.6 Å². The number of benzene rings is 2. The molecule has 1 fully saturated rings. The van der Waals surface area contributed by atoms with Crippen LogP contribution in [0.5, 0.6) is 0 Å². The first-order valence-electron chi connectivity index (χ1n) is 8.11. The van der Waals surface area contributed by atoms with Crippen LogP contribution in [0.4, 0.5) is 5.69 Å². The predicted molar refractivity (Wildman–Crippen MR) is 93.6 cm³/mol. The molecule has 116 valence electrons. The molecule has 0 bridgehead atoms. The van der Waals surface area contributed by atoms with Gasteiger partial charge in [-0.05, 0) is 47.4 Å². The van der Waals surface area contributed by atoms with Crippen LogP contribution in [-0.4, -0.2) is 17.9 Å². The van der Waals surface area contributed by atoms with Gasteiger partial charge >= 0.3 is 0 Å². The van der Waals surface area contributed by atoms with Crippen LogP contribution in [0.3, 0.4) is 0 Å².